The van der Waals surface area contributed by atoms with E-state index in [2.05, 4.69) is 30.9 Å². The lowest BCUT2D eigenvalue weighted by Gasteiger charge is -2.26. The number of nitrogens with one attached hydrogen (secondary N) is 3. The molecular weight excluding hydrogens is 532 g/mol. The van der Waals surface area contributed by atoms with Gasteiger partial charge in [0.2, 0.25) is 0 Å². The Labute approximate surface area is 226 Å². The lowest BCUT2D eigenvalue weighted by molar-refractivity contribution is -0.137. The highest BCUT2D eigenvalue weighted by molar-refractivity contribution is 6.01. The van der Waals surface area contributed by atoms with Crippen LogP contribution in [-0.2, 0) is 17.5 Å². The van der Waals surface area contributed by atoms with Crippen LogP contribution in [0.2, 0.25) is 0 Å². The highest BCUT2D eigenvalue weighted by Gasteiger charge is 2.31. The van der Waals surface area contributed by atoms with Gasteiger partial charge < -0.3 is 26.4 Å². The number of ether oxygens (including phenoxy) is 1. The maximum atomic E-state index is 14.0. The van der Waals surface area contributed by atoms with Crippen LogP contribution in [0, 0.1) is 5.82 Å². The number of nitrogen functional groups attached to an aromatic ring is 1. The Morgan fingerprint density at radius 1 is 1.10 bits per heavy atom. The lowest BCUT2D eigenvalue weighted by atomic mass is 10.0. The molecule has 2 aromatic heterocycles. The maximum Gasteiger partial charge on any atom is 0.416 e. The predicted molar refractivity (Wildman–Crippen MR) is 143 cm³/mol. The van der Waals surface area contributed by atoms with Gasteiger partial charge in [-0.3, -0.25) is 4.90 Å². The molecule has 210 valence electrons. The van der Waals surface area contributed by atoms with Crippen molar-refractivity contribution in [3.8, 4) is 11.1 Å². The number of rotatable bonds is 6. The third-order valence-corrected chi connectivity index (χ3v) is 6.55. The lowest BCUT2D eigenvalue weighted by Crippen LogP contribution is -2.36. The third-order valence-electron chi connectivity index (χ3n) is 6.55. The average molecular weight is 559 g/mol. The van der Waals surface area contributed by atoms with Crippen LogP contribution in [0.4, 0.5) is 45.2 Å². The second kappa shape index (κ2) is 11.0. The number of hydrogen-bond acceptors (Lipinski definition) is 7. The van der Waals surface area contributed by atoms with Gasteiger partial charge in [0.25, 0.3) is 0 Å². The number of halogens is 4. The number of alkyl halides is 3. The summed E-state index contributed by atoms with van der Waals surface area (Å²) < 4.78 is 60.2. The van der Waals surface area contributed by atoms with Crippen molar-refractivity contribution >= 4 is 34.4 Å². The summed E-state index contributed by atoms with van der Waals surface area (Å²) in [5.41, 5.74) is 8.81. The van der Waals surface area contributed by atoms with Gasteiger partial charge in [-0.05, 0) is 35.9 Å². The van der Waals surface area contributed by atoms with Gasteiger partial charge in [0, 0.05) is 37.9 Å². The molecule has 1 aliphatic heterocycles. The van der Waals surface area contributed by atoms with E-state index in [0.717, 1.165) is 35.6 Å². The van der Waals surface area contributed by atoms with Gasteiger partial charge in [0.15, 0.2) is 5.82 Å². The van der Waals surface area contributed by atoms with Crippen molar-refractivity contribution in [2.75, 3.05) is 55.0 Å². The van der Waals surface area contributed by atoms with Gasteiger partial charge in [-0.15, -0.1) is 0 Å². The molecule has 1 aliphatic rings. The van der Waals surface area contributed by atoms with Gasteiger partial charge in [-0.25, -0.2) is 18.7 Å². The predicted octanol–water partition coefficient (Wildman–Crippen LogP) is 4.65. The fraction of sp³-hybridized carbons (Fsp3) is 0.269. The van der Waals surface area contributed by atoms with E-state index >= 15 is 0 Å². The van der Waals surface area contributed by atoms with Crippen molar-refractivity contribution in [3.05, 3.63) is 65.9 Å². The van der Waals surface area contributed by atoms with E-state index in [1.54, 1.807) is 35.8 Å². The molecule has 0 radical (unpaired) electrons. The van der Waals surface area contributed by atoms with Crippen LogP contribution in [0.25, 0.3) is 16.6 Å². The fourth-order valence-corrected chi connectivity index (χ4v) is 4.64. The zero-order valence-corrected chi connectivity index (χ0v) is 21.3. The Morgan fingerprint density at radius 2 is 1.82 bits per heavy atom. The monoisotopic (exact) mass is 558 g/mol. The Bertz CT molecular complexity index is 1530. The van der Waals surface area contributed by atoms with E-state index in [1.807, 2.05) is 0 Å². The number of aromatic nitrogens is 3. The van der Waals surface area contributed by atoms with Crippen molar-refractivity contribution in [2.24, 2.45) is 0 Å². The zero-order chi connectivity index (χ0) is 28.4. The van der Waals surface area contributed by atoms with Crippen molar-refractivity contribution in [2.45, 2.75) is 12.7 Å². The number of hydrogen-bond donors (Lipinski definition) is 4. The first-order valence-electron chi connectivity index (χ1n) is 12.3. The maximum absolute atomic E-state index is 14.0. The summed E-state index contributed by atoms with van der Waals surface area (Å²) in [6, 6.07) is 7.62. The topological polar surface area (TPSA) is 122 Å². The molecule has 3 heterocycles. The van der Waals surface area contributed by atoms with Crippen LogP contribution in [0.1, 0.15) is 11.3 Å². The first-order valence-corrected chi connectivity index (χ1v) is 12.3. The second-order valence-corrected chi connectivity index (χ2v) is 9.09. The van der Waals surface area contributed by atoms with Gasteiger partial charge in [-0.2, -0.15) is 18.3 Å². The van der Waals surface area contributed by atoms with Gasteiger partial charge in [0.1, 0.15) is 17.7 Å². The molecule has 0 bridgehead atoms. The van der Waals surface area contributed by atoms with E-state index in [1.165, 1.54) is 6.33 Å². The summed E-state index contributed by atoms with van der Waals surface area (Å²) in [4.78, 5) is 18.9. The Balaban J connectivity index is 1.41. The molecule has 0 atom stereocenters. The van der Waals surface area contributed by atoms with E-state index in [4.69, 9.17) is 10.5 Å². The number of nitrogens with zero attached hydrogens (tertiary/aromatic N) is 4. The highest BCUT2D eigenvalue weighted by Crippen LogP contribution is 2.40. The number of urea groups is 1. The number of anilines is 4. The highest BCUT2D eigenvalue weighted by atomic mass is 19.4. The summed E-state index contributed by atoms with van der Waals surface area (Å²) in [5.74, 6) is -0.703. The minimum absolute atomic E-state index is 0.291. The summed E-state index contributed by atoms with van der Waals surface area (Å²) in [6.07, 6.45) is -3.28. The van der Waals surface area contributed by atoms with Crippen LogP contribution in [0.15, 0.2) is 48.8 Å². The average Bonchev–Trinajstić information content (AvgIpc) is 3.24. The largest absolute Gasteiger partial charge is 0.416 e. The minimum atomic E-state index is -4.68. The summed E-state index contributed by atoms with van der Waals surface area (Å²) >= 11 is 0. The van der Waals surface area contributed by atoms with Crippen molar-refractivity contribution < 1.29 is 27.1 Å². The normalized spacial score (nSPS) is 14.3. The number of benzene rings is 2. The number of fused-ring (bicyclic) bond motifs is 1. The summed E-state index contributed by atoms with van der Waals surface area (Å²) in [6.45, 7) is 3.44. The molecule has 14 heteroatoms. The van der Waals surface area contributed by atoms with Crippen molar-refractivity contribution in [1.82, 2.24) is 19.5 Å². The molecule has 0 aliphatic carbocycles. The first kappa shape index (κ1) is 27.1. The molecule has 4 aromatic rings. The quantitative estimate of drug-likeness (QED) is 0.254. The zero-order valence-electron chi connectivity index (χ0n) is 21.3. The number of carbonyl (C=O) groups is 1. The van der Waals surface area contributed by atoms with Crippen LogP contribution in [0.5, 0.6) is 0 Å². The number of amides is 2. The van der Waals surface area contributed by atoms with E-state index in [9.17, 15) is 22.4 Å². The smallest absolute Gasteiger partial charge is 0.386 e. The van der Waals surface area contributed by atoms with Gasteiger partial charge in [-0.1, -0.05) is 12.1 Å². The van der Waals surface area contributed by atoms with Gasteiger partial charge >= 0.3 is 12.2 Å². The molecule has 1 fully saturated rings. The molecule has 0 spiro atoms. The molecule has 2 amide bonds. The SMILES string of the molecule is CNc1c(-c2ccc(NC(=O)Nc3cc(C(F)(F)F)ccc3F)cc2)c2c(N)ncnn2c1CN1CCOCC1. The number of carbonyl (C=O) groups excluding carboxylic acids is 1. The van der Waals surface area contributed by atoms with E-state index in [-0.39, 0.29) is 0 Å². The molecule has 5 N–H and O–H groups in total. The molecule has 5 rings (SSSR count). The van der Waals surface area contributed by atoms with Crippen molar-refractivity contribution in [1.29, 1.82) is 0 Å². The van der Waals surface area contributed by atoms with Crippen LogP contribution in [0.3, 0.4) is 0 Å². The summed E-state index contributed by atoms with van der Waals surface area (Å²) in [5, 5.41) is 12.3. The fourth-order valence-electron chi connectivity index (χ4n) is 4.64. The van der Waals surface area contributed by atoms with E-state index < -0.39 is 29.3 Å². The Hall–Kier alpha value is -4.43. The molecular formula is C26H26F4N8O2. The van der Waals surface area contributed by atoms with Gasteiger partial charge in [0.05, 0.1) is 35.8 Å². The Kier molecular flexibility index (Phi) is 7.45. The minimum Gasteiger partial charge on any atom is -0.386 e. The number of morpholine rings is 1. The Morgan fingerprint density at radius 3 is 2.50 bits per heavy atom. The molecule has 1 saturated heterocycles. The molecule has 40 heavy (non-hydrogen) atoms. The molecule has 10 nitrogen and oxygen atoms in total. The second-order valence-electron chi connectivity index (χ2n) is 9.09. The third kappa shape index (κ3) is 5.49. The van der Waals surface area contributed by atoms with Crippen LogP contribution in [-0.4, -0.2) is 58.9 Å². The van der Waals surface area contributed by atoms with Crippen LogP contribution < -0.4 is 21.7 Å². The summed E-state index contributed by atoms with van der Waals surface area (Å²) in [7, 11) is 1.80. The molecule has 2 aromatic carbocycles. The first-order chi connectivity index (χ1) is 19.2. The molecule has 0 unspecified atom stereocenters. The molecule has 0 saturated carbocycles. The standard InChI is InChI=1S/C26H26F4N8O2/c1-32-22-20(13-37-8-10-40-11-9-37)38-23(24(31)33-14-34-38)21(22)15-2-5-17(6-3-15)35-25(39)36-19-12-16(26(28,29)30)4-7-18(19)27/h2-7,12,14,32H,8-11,13H2,1H3,(H2,31,33,34)(H2,35,36,39). The van der Waals surface area contributed by atoms with Crippen molar-refractivity contribution in [3.63, 3.8) is 0 Å². The van der Waals surface area contributed by atoms with Crippen LogP contribution >= 0.6 is 0 Å². The van der Waals surface area contributed by atoms with E-state index in [0.29, 0.717) is 55.0 Å². The number of nitrogens with two attached hydrogens (primary N) is 1.